The van der Waals surface area contributed by atoms with Crippen LogP contribution in [0.3, 0.4) is 0 Å². The van der Waals surface area contributed by atoms with Crippen LogP contribution in [-0.4, -0.2) is 0 Å². The minimum absolute atomic E-state index is 1.08. The molecular weight excluding hydrogens is 759 g/mol. The van der Waals surface area contributed by atoms with Crippen LogP contribution in [0.5, 0.6) is 0 Å². The first-order chi connectivity index (χ1) is 31.2. The third-order valence-corrected chi connectivity index (χ3v) is 12.8. The van der Waals surface area contributed by atoms with Crippen LogP contribution in [0.15, 0.2) is 249 Å². The van der Waals surface area contributed by atoms with E-state index in [0.29, 0.717) is 0 Å². The van der Waals surface area contributed by atoms with Gasteiger partial charge in [0.05, 0.1) is 5.69 Å². The summed E-state index contributed by atoms with van der Waals surface area (Å²) < 4.78 is 0. The van der Waals surface area contributed by atoms with E-state index >= 15 is 0 Å². The predicted octanol–water partition coefficient (Wildman–Crippen LogP) is 17.6. The Bertz CT molecular complexity index is 3490. The van der Waals surface area contributed by atoms with Gasteiger partial charge in [0.1, 0.15) is 0 Å². The molecule has 0 bridgehead atoms. The lowest BCUT2D eigenvalue weighted by Gasteiger charge is -2.29. The van der Waals surface area contributed by atoms with Gasteiger partial charge in [-0.3, -0.25) is 0 Å². The average molecular weight is 800 g/mol. The van der Waals surface area contributed by atoms with E-state index in [9.17, 15) is 0 Å². The van der Waals surface area contributed by atoms with E-state index in [1.165, 1.54) is 92.8 Å². The van der Waals surface area contributed by atoms with Crippen LogP contribution in [0.4, 0.5) is 17.1 Å². The fourth-order valence-electron chi connectivity index (χ4n) is 9.82. The standard InChI is InChI=1S/C62H41N/c1-2-15-43(16-3-1)55-38-33-48(52-28-14-20-42-17-4-7-21-51(42)52)41-62(55)63(49-34-29-44(30-35-49)60-39-46-18-5-8-22-53(46)56-24-10-12-26-58(56)60)50-36-31-45(32-37-50)61-40-47-19-6-9-23-54(47)57-25-11-13-27-59(57)61/h1-41H. The molecule has 12 aromatic carbocycles. The normalized spacial score (nSPS) is 11.5. The number of benzene rings is 12. The first-order valence-electron chi connectivity index (χ1n) is 21.7. The molecule has 0 N–H and O–H groups in total. The van der Waals surface area contributed by atoms with Crippen molar-refractivity contribution >= 4 is 70.9 Å². The first-order valence-corrected chi connectivity index (χ1v) is 21.7. The summed E-state index contributed by atoms with van der Waals surface area (Å²) in [5.74, 6) is 0. The van der Waals surface area contributed by atoms with E-state index in [4.69, 9.17) is 0 Å². The van der Waals surface area contributed by atoms with Crippen LogP contribution in [0.25, 0.3) is 98.4 Å². The quantitative estimate of drug-likeness (QED) is 0.145. The Kier molecular flexibility index (Phi) is 8.90. The molecule has 0 radical (unpaired) electrons. The zero-order valence-corrected chi connectivity index (χ0v) is 34.6. The molecule has 0 aliphatic rings. The molecule has 0 aliphatic heterocycles. The molecule has 0 aromatic heterocycles. The van der Waals surface area contributed by atoms with Gasteiger partial charge in [-0.2, -0.15) is 0 Å². The van der Waals surface area contributed by atoms with E-state index in [1.54, 1.807) is 0 Å². The Morgan fingerprint density at radius 3 is 1.17 bits per heavy atom. The molecule has 0 atom stereocenters. The van der Waals surface area contributed by atoms with Crippen molar-refractivity contribution in [1.82, 2.24) is 0 Å². The van der Waals surface area contributed by atoms with E-state index in [-0.39, 0.29) is 0 Å². The summed E-state index contributed by atoms with van der Waals surface area (Å²) >= 11 is 0. The molecule has 294 valence electrons. The van der Waals surface area contributed by atoms with Gasteiger partial charge in [-0.25, -0.2) is 0 Å². The van der Waals surface area contributed by atoms with Crippen molar-refractivity contribution in [3.8, 4) is 44.5 Å². The predicted molar refractivity (Wildman–Crippen MR) is 270 cm³/mol. The molecule has 0 fully saturated rings. The number of rotatable bonds is 7. The maximum Gasteiger partial charge on any atom is 0.0546 e. The molecule has 0 unspecified atom stereocenters. The average Bonchev–Trinajstić information content (AvgIpc) is 3.36. The molecule has 1 nitrogen and oxygen atoms in total. The molecule has 12 aromatic rings. The lowest BCUT2D eigenvalue weighted by molar-refractivity contribution is 1.28. The highest BCUT2D eigenvalue weighted by atomic mass is 15.1. The smallest absolute Gasteiger partial charge is 0.0546 e. The van der Waals surface area contributed by atoms with E-state index in [0.717, 1.165) is 22.6 Å². The summed E-state index contributed by atoms with van der Waals surface area (Å²) in [6, 6.07) is 91.2. The lowest BCUT2D eigenvalue weighted by Crippen LogP contribution is -2.11. The van der Waals surface area contributed by atoms with E-state index in [1.807, 2.05) is 0 Å². The second kappa shape index (κ2) is 15.3. The van der Waals surface area contributed by atoms with Gasteiger partial charge >= 0.3 is 0 Å². The second-order valence-corrected chi connectivity index (χ2v) is 16.4. The fourth-order valence-corrected chi connectivity index (χ4v) is 9.82. The van der Waals surface area contributed by atoms with Gasteiger partial charge in [0.2, 0.25) is 0 Å². The summed E-state index contributed by atoms with van der Waals surface area (Å²) in [6.07, 6.45) is 0. The third kappa shape index (κ3) is 6.42. The minimum atomic E-state index is 1.08. The Morgan fingerprint density at radius 2 is 0.619 bits per heavy atom. The fraction of sp³-hybridized carbons (Fsp3) is 0. The highest BCUT2D eigenvalue weighted by Gasteiger charge is 2.20. The van der Waals surface area contributed by atoms with E-state index < -0.39 is 0 Å². The number of hydrogen-bond donors (Lipinski definition) is 0. The summed E-state index contributed by atoms with van der Waals surface area (Å²) in [7, 11) is 0. The zero-order valence-electron chi connectivity index (χ0n) is 34.6. The van der Waals surface area contributed by atoms with Crippen molar-refractivity contribution in [2.45, 2.75) is 0 Å². The zero-order chi connectivity index (χ0) is 41.7. The van der Waals surface area contributed by atoms with Crippen LogP contribution in [-0.2, 0) is 0 Å². The Labute approximate surface area is 367 Å². The van der Waals surface area contributed by atoms with Gasteiger partial charge in [-0.1, -0.05) is 206 Å². The Hall–Kier alpha value is -8.26. The van der Waals surface area contributed by atoms with Crippen LogP contribution >= 0.6 is 0 Å². The van der Waals surface area contributed by atoms with E-state index in [2.05, 4.69) is 254 Å². The Morgan fingerprint density at radius 1 is 0.206 bits per heavy atom. The van der Waals surface area contributed by atoms with Crippen LogP contribution in [0.1, 0.15) is 0 Å². The molecule has 0 aliphatic carbocycles. The van der Waals surface area contributed by atoms with Gasteiger partial charge in [0, 0.05) is 16.9 Å². The molecular formula is C62H41N. The maximum absolute atomic E-state index is 2.45. The summed E-state index contributed by atoms with van der Waals surface area (Å²) in [4.78, 5) is 2.45. The van der Waals surface area contributed by atoms with Crippen molar-refractivity contribution in [1.29, 1.82) is 0 Å². The van der Waals surface area contributed by atoms with Crippen molar-refractivity contribution in [2.75, 3.05) is 4.90 Å². The van der Waals surface area contributed by atoms with Crippen molar-refractivity contribution < 1.29 is 0 Å². The largest absolute Gasteiger partial charge is 0.310 e. The van der Waals surface area contributed by atoms with Crippen molar-refractivity contribution in [3.63, 3.8) is 0 Å². The molecule has 63 heavy (non-hydrogen) atoms. The molecule has 0 saturated heterocycles. The van der Waals surface area contributed by atoms with Crippen molar-refractivity contribution in [3.05, 3.63) is 249 Å². The molecule has 1 heteroatoms. The monoisotopic (exact) mass is 799 g/mol. The van der Waals surface area contributed by atoms with Crippen LogP contribution in [0.2, 0.25) is 0 Å². The summed E-state index contributed by atoms with van der Waals surface area (Å²) in [5, 5.41) is 12.6. The first kappa shape index (κ1) is 36.6. The van der Waals surface area contributed by atoms with Crippen molar-refractivity contribution in [2.24, 2.45) is 0 Å². The molecule has 12 rings (SSSR count). The third-order valence-electron chi connectivity index (χ3n) is 12.8. The highest BCUT2D eigenvalue weighted by molar-refractivity contribution is 6.15. The minimum Gasteiger partial charge on any atom is -0.310 e. The van der Waals surface area contributed by atoms with Crippen LogP contribution < -0.4 is 4.90 Å². The van der Waals surface area contributed by atoms with Gasteiger partial charge in [0.25, 0.3) is 0 Å². The molecule has 0 amide bonds. The highest BCUT2D eigenvalue weighted by Crippen LogP contribution is 2.46. The lowest BCUT2D eigenvalue weighted by atomic mass is 9.92. The van der Waals surface area contributed by atoms with Gasteiger partial charge in [-0.15, -0.1) is 0 Å². The molecule has 0 heterocycles. The molecule has 0 saturated carbocycles. The van der Waals surface area contributed by atoms with Gasteiger partial charge < -0.3 is 4.90 Å². The number of hydrogen-bond acceptors (Lipinski definition) is 1. The number of nitrogens with zero attached hydrogens (tertiary/aromatic N) is 1. The number of fused-ring (bicyclic) bond motifs is 7. The topological polar surface area (TPSA) is 3.24 Å². The summed E-state index contributed by atoms with van der Waals surface area (Å²) in [5.41, 5.74) is 12.8. The maximum atomic E-state index is 2.45. The van der Waals surface area contributed by atoms with Gasteiger partial charge in [-0.05, 0) is 135 Å². The summed E-state index contributed by atoms with van der Waals surface area (Å²) in [6.45, 7) is 0. The SMILES string of the molecule is c1ccc(-c2ccc(-c3cccc4ccccc34)cc2N(c2ccc(-c3cc4ccccc4c4ccccc34)cc2)c2ccc(-c3cc4ccccc4c4ccccc34)cc2)cc1. The van der Waals surface area contributed by atoms with Crippen LogP contribution in [0, 0.1) is 0 Å². The number of anilines is 3. The van der Waals surface area contributed by atoms with Gasteiger partial charge in [0.15, 0.2) is 0 Å². The molecule has 0 spiro atoms. The second-order valence-electron chi connectivity index (χ2n) is 16.4. The Balaban J connectivity index is 1.06.